The molecule has 1 aromatic carbocycles. The van der Waals surface area contributed by atoms with E-state index in [0.29, 0.717) is 27.8 Å². The van der Waals surface area contributed by atoms with Crippen LogP contribution in [0.25, 0.3) is 0 Å². The number of benzene rings is 1. The predicted octanol–water partition coefficient (Wildman–Crippen LogP) is 5.50. The Balaban J connectivity index is 3.19. The van der Waals surface area contributed by atoms with Crippen molar-refractivity contribution >= 4 is 23.3 Å². The van der Waals surface area contributed by atoms with Gasteiger partial charge in [-0.25, -0.2) is 4.99 Å². The van der Waals surface area contributed by atoms with Gasteiger partial charge in [-0.3, -0.25) is 0 Å². The topological polar surface area (TPSA) is 15.6 Å². The van der Waals surface area contributed by atoms with E-state index in [9.17, 15) is 26.3 Å². The first-order chi connectivity index (χ1) is 10.8. The van der Waals surface area contributed by atoms with Gasteiger partial charge in [-0.15, -0.1) is 11.8 Å². The van der Waals surface area contributed by atoms with E-state index in [1.54, 1.807) is 19.9 Å². The maximum absolute atomic E-state index is 12.6. The highest BCUT2D eigenvalue weighted by Gasteiger charge is 2.31. The number of thioether (sulfide) groups is 1. The van der Waals surface area contributed by atoms with Gasteiger partial charge in [0, 0.05) is 19.0 Å². The van der Waals surface area contributed by atoms with E-state index >= 15 is 0 Å². The highest BCUT2D eigenvalue weighted by atomic mass is 32.2. The van der Waals surface area contributed by atoms with E-state index in [1.807, 2.05) is 0 Å². The van der Waals surface area contributed by atoms with Gasteiger partial charge < -0.3 is 4.90 Å². The molecular weight excluding hydrogens is 354 g/mol. The molecule has 1 rings (SSSR count). The second-order valence-corrected chi connectivity index (χ2v) is 6.54. The highest BCUT2D eigenvalue weighted by Crippen LogP contribution is 2.34. The number of hydrogen-bond donors (Lipinski definition) is 0. The van der Waals surface area contributed by atoms with Gasteiger partial charge in [-0.05, 0) is 31.0 Å². The number of halogens is 6. The van der Waals surface area contributed by atoms with Gasteiger partial charge in [0.1, 0.15) is 12.3 Å². The molecule has 0 aromatic heterocycles. The number of alkyl halides is 6. The first-order valence-electron chi connectivity index (χ1n) is 6.91. The van der Waals surface area contributed by atoms with Crippen molar-refractivity contribution in [3.63, 3.8) is 0 Å². The molecule has 0 amide bonds. The Labute approximate surface area is 140 Å². The van der Waals surface area contributed by atoms with Crippen LogP contribution < -0.4 is 0 Å². The van der Waals surface area contributed by atoms with E-state index in [1.165, 1.54) is 25.1 Å². The van der Waals surface area contributed by atoms with Crippen LogP contribution in [0.2, 0.25) is 0 Å². The van der Waals surface area contributed by atoms with Crippen LogP contribution in [0.4, 0.5) is 32.0 Å². The Kier molecular flexibility index (Phi) is 6.60. The van der Waals surface area contributed by atoms with Crippen molar-refractivity contribution in [2.24, 2.45) is 4.99 Å². The molecule has 0 N–H and O–H groups in total. The van der Waals surface area contributed by atoms with E-state index in [2.05, 4.69) is 4.99 Å². The molecule has 2 nitrogen and oxygen atoms in total. The number of amidine groups is 1. The molecule has 136 valence electrons. The van der Waals surface area contributed by atoms with Gasteiger partial charge in [0.15, 0.2) is 0 Å². The average Bonchev–Trinajstić information content (AvgIpc) is 2.36. The summed E-state index contributed by atoms with van der Waals surface area (Å²) in [5.41, 5.74) is 1.46. The lowest BCUT2D eigenvalue weighted by Crippen LogP contribution is -2.27. The molecule has 0 unspecified atom stereocenters. The van der Waals surface area contributed by atoms with Crippen LogP contribution in [-0.4, -0.2) is 42.9 Å². The summed E-state index contributed by atoms with van der Waals surface area (Å²) in [6, 6.07) is 3.03. The lowest BCUT2D eigenvalue weighted by atomic mass is 10.1. The quantitative estimate of drug-likeness (QED) is 0.300. The SMILES string of the molecule is Cc1cc(C)c(SCC(F)(F)F)cc1N=C(CC(F)(F)F)N(C)C. The van der Waals surface area contributed by atoms with Crippen molar-refractivity contribution in [1.82, 2.24) is 4.90 Å². The molecule has 0 aliphatic carbocycles. The molecule has 0 aliphatic rings. The molecule has 1 aromatic rings. The highest BCUT2D eigenvalue weighted by molar-refractivity contribution is 7.99. The molecule has 0 bridgehead atoms. The zero-order valence-electron chi connectivity index (χ0n) is 13.6. The fourth-order valence-electron chi connectivity index (χ4n) is 1.87. The largest absolute Gasteiger partial charge is 0.398 e. The zero-order valence-corrected chi connectivity index (χ0v) is 14.5. The lowest BCUT2D eigenvalue weighted by molar-refractivity contribution is -0.122. The third-order valence-corrected chi connectivity index (χ3v) is 4.23. The molecule has 9 heteroatoms. The molecule has 0 saturated carbocycles. The van der Waals surface area contributed by atoms with Crippen LogP contribution >= 0.6 is 11.8 Å². The van der Waals surface area contributed by atoms with Crippen molar-refractivity contribution in [1.29, 1.82) is 0 Å². The Morgan fingerprint density at radius 2 is 1.58 bits per heavy atom. The summed E-state index contributed by atoms with van der Waals surface area (Å²) in [6.45, 7) is 3.31. The number of rotatable bonds is 4. The summed E-state index contributed by atoms with van der Waals surface area (Å²) >= 11 is 0.595. The van der Waals surface area contributed by atoms with Gasteiger partial charge in [0.05, 0.1) is 11.4 Å². The molecule has 0 aliphatic heterocycles. The molecule has 24 heavy (non-hydrogen) atoms. The van der Waals surface area contributed by atoms with Crippen molar-refractivity contribution in [2.45, 2.75) is 37.5 Å². The number of aryl methyl sites for hydroxylation is 2. The third kappa shape index (κ3) is 7.02. The van der Waals surface area contributed by atoms with Crippen molar-refractivity contribution in [2.75, 3.05) is 19.8 Å². The lowest BCUT2D eigenvalue weighted by Gasteiger charge is -2.18. The van der Waals surface area contributed by atoms with Crippen LogP contribution in [0.1, 0.15) is 17.5 Å². The molecule has 0 spiro atoms. The van der Waals surface area contributed by atoms with Crippen LogP contribution in [-0.2, 0) is 0 Å². The molecule has 0 heterocycles. The minimum absolute atomic E-state index is 0.207. The summed E-state index contributed by atoms with van der Waals surface area (Å²) in [7, 11) is 2.88. The van der Waals surface area contributed by atoms with Gasteiger partial charge >= 0.3 is 12.4 Å². The number of nitrogens with zero attached hydrogens (tertiary/aromatic N) is 2. The predicted molar refractivity (Wildman–Crippen MR) is 84.1 cm³/mol. The minimum Gasteiger partial charge on any atom is -0.366 e. The number of hydrogen-bond acceptors (Lipinski definition) is 2. The Hall–Kier alpha value is -1.38. The first kappa shape index (κ1) is 20.7. The summed E-state index contributed by atoms with van der Waals surface area (Å²) in [5, 5.41) is 0. The standard InChI is InChI=1S/C15H18F6N2S/c1-9-5-10(2)12(24-8-15(19,20)21)6-11(9)22-13(23(3)4)7-14(16,17)18/h5-6H,7-8H2,1-4H3. The van der Waals surface area contributed by atoms with Crippen molar-refractivity contribution in [3.8, 4) is 0 Å². The van der Waals surface area contributed by atoms with Gasteiger partial charge in [-0.2, -0.15) is 26.3 Å². The Morgan fingerprint density at radius 1 is 1.00 bits per heavy atom. The third-order valence-electron chi connectivity index (χ3n) is 3.01. The smallest absolute Gasteiger partial charge is 0.366 e. The maximum atomic E-state index is 12.6. The van der Waals surface area contributed by atoms with Crippen molar-refractivity contribution in [3.05, 3.63) is 23.3 Å². The van der Waals surface area contributed by atoms with Crippen LogP contribution in [0.5, 0.6) is 0 Å². The maximum Gasteiger partial charge on any atom is 0.398 e. The summed E-state index contributed by atoms with van der Waals surface area (Å²) in [5.74, 6) is -1.27. The van der Waals surface area contributed by atoms with Crippen LogP contribution in [0.3, 0.4) is 0 Å². The van der Waals surface area contributed by atoms with Crippen molar-refractivity contribution < 1.29 is 26.3 Å². The number of aliphatic imine (C=N–C) groups is 1. The van der Waals surface area contributed by atoms with Gasteiger partial charge in [0.25, 0.3) is 0 Å². The normalized spacial score (nSPS) is 13.3. The second kappa shape index (κ2) is 7.67. The summed E-state index contributed by atoms with van der Waals surface area (Å²) in [6.07, 6.45) is -9.95. The van der Waals surface area contributed by atoms with E-state index in [4.69, 9.17) is 0 Å². The minimum atomic E-state index is -4.42. The molecule has 0 radical (unpaired) electrons. The monoisotopic (exact) mass is 372 g/mol. The van der Waals surface area contributed by atoms with Crippen LogP contribution in [0, 0.1) is 13.8 Å². The fourth-order valence-corrected chi connectivity index (χ4v) is 2.67. The molecule has 0 atom stereocenters. The first-order valence-corrected chi connectivity index (χ1v) is 7.89. The van der Waals surface area contributed by atoms with E-state index in [-0.39, 0.29) is 11.5 Å². The average molecular weight is 372 g/mol. The van der Waals surface area contributed by atoms with Crippen LogP contribution in [0.15, 0.2) is 22.0 Å². The Morgan fingerprint density at radius 3 is 2.04 bits per heavy atom. The summed E-state index contributed by atoms with van der Waals surface area (Å²) in [4.78, 5) is 5.61. The zero-order chi connectivity index (χ0) is 18.7. The Bertz CT molecular complexity index is 605. The fraction of sp³-hybridized carbons (Fsp3) is 0.533. The molecule has 0 saturated heterocycles. The van der Waals surface area contributed by atoms with Gasteiger partial charge in [0.2, 0.25) is 0 Å². The van der Waals surface area contributed by atoms with Gasteiger partial charge in [-0.1, -0.05) is 6.07 Å². The van der Waals surface area contributed by atoms with E-state index in [0.717, 1.165) is 0 Å². The second-order valence-electron chi connectivity index (χ2n) is 5.52. The molecule has 0 fully saturated rings. The summed E-state index contributed by atoms with van der Waals surface area (Å²) < 4.78 is 75.0. The molecular formula is C15H18F6N2S. The van der Waals surface area contributed by atoms with E-state index < -0.39 is 24.5 Å².